The first-order valence-electron chi connectivity index (χ1n) is 9.38. The van der Waals surface area contributed by atoms with Crippen molar-refractivity contribution >= 4 is 17.5 Å². The van der Waals surface area contributed by atoms with Gasteiger partial charge in [0, 0.05) is 37.0 Å². The van der Waals surface area contributed by atoms with Crippen LogP contribution in [-0.4, -0.2) is 47.2 Å². The van der Waals surface area contributed by atoms with Crippen LogP contribution in [0.5, 0.6) is 0 Å². The number of nitrogens with one attached hydrogen (secondary N) is 1. The number of aromatic amines is 1. The van der Waals surface area contributed by atoms with Crippen molar-refractivity contribution in [2.45, 2.75) is 25.4 Å². The van der Waals surface area contributed by atoms with Crippen LogP contribution in [0.3, 0.4) is 0 Å². The van der Waals surface area contributed by atoms with Gasteiger partial charge < -0.3 is 9.64 Å². The molecule has 9 heteroatoms. The first-order chi connectivity index (χ1) is 14.2. The summed E-state index contributed by atoms with van der Waals surface area (Å²) >= 11 is 0. The number of hydrogen-bond acceptors (Lipinski definition) is 7. The second-order valence-electron chi connectivity index (χ2n) is 7.01. The van der Waals surface area contributed by atoms with Crippen molar-refractivity contribution in [1.82, 2.24) is 15.4 Å². The Bertz CT molecular complexity index is 1000. The van der Waals surface area contributed by atoms with E-state index in [4.69, 9.17) is 15.3 Å². The van der Waals surface area contributed by atoms with Gasteiger partial charge in [0.2, 0.25) is 0 Å². The molecule has 0 aliphatic carbocycles. The molecule has 0 bridgehead atoms. The normalized spacial score (nSPS) is 18.9. The summed E-state index contributed by atoms with van der Waals surface area (Å²) in [7, 11) is 0. The van der Waals surface area contributed by atoms with E-state index in [1.54, 1.807) is 11.0 Å². The number of carbonyl (C=O) groups excluding carboxylic acids is 1. The topological polar surface area (TPSA) is 122 Å². The predicted molar refractivity (Wildman–Crippen MR) is 104 cm³/mol. The molecule has 2 aliphatic heterocycles. The van der Waals surface area contributed by atoms with Crippen LogP contribution in [0.15, 0.2) is 35.9 Å². The van der Waals surface area contributed by atoms with Crippen LogP contribution in [0.4, 0.5) is 16.2 Å². The summed E-state index contributed by atoms with van der Waals surface area (Å²) in [5, 5.41) is 27.8. The van der Waals surface area contributed by atoms with Gasteiger partial charge in [0.25, 0.3) is 0 Å². The fourth-order valence-electron chi connectivity index (χ4n) is 3.68. The first kappa shape index (κ1) is 18.5. The molecule has 1 aromatic carbocycles. The molecule has 0 saturated carbocycles. The largest absolute Gasteiger partial charge is 0.444 e. The van der Waals surface area contributed by atoms with Gasteiger partial charge in [0.1, 0.15) is 12.2 Å². The Hall–Kier alpha value is -3.85. The number of piperidine rings is 1. The molecule has 0 radical (unpaired) electrons. The maximum atomic E-state index is 12.3. The number of benzene rings is 1. The van der Waals surface area contributed by atoms with Gasteiger partial charge in [-0.2, -0.15) is 10.5 Å². The van der Waals surface area contributed by atoms with Gasteiger partial charge in [-0.1, -0.05) is 10.8 Å². The second-order valence-corrected chi connectivity index (χ2v) is 7.01. The molecular formula is C20H19N7O2. The van der Waals surface area contributed by atoms with Crippen molar-refractivity contribution in [3.8, 4) is 12.1 Å². The van der Waals surface area contributed by atoms with E-state index in [2.05, 4.69) is 26.4 Å². The lowest BCUT2D eigenvalue weighted by Gasteiger charge is -2.30. The molecule has 1 atom stereocenters. The Labute approximate surface area is 167 Å². The number of aromatic nitrogens is 3. The SMILES string of the molecule is N#CC=C1CCN(c2ccc(N3CC(Cc4[nH]nnc4C#N)OC3=O)cc2)CC1. The number of amides is 1. The number of allylic oxidation sites excluding steroid dienone is 1. The average molecular weight is 389 g/mol. The Kier molecular flexibility index (Phi) is 5.12. The second kappa shape index (κ2) is 8.03. The smallest absolute Gasteiger partial charge is 0.414 e. The summed E-state index contributed by atoms with van der Waals surface area (Å²) in [4.78, 5) is 16.2. The molecule has 2 aliphatic rings. The van der Waals surface area contributed by atoms with Gasteiger partial charge in [-0.15, -0.1) is 5.10 Å². The lowest BCUT2D eigenvalue weighted by molar-refractivity contribution is 0.141. The van der Waals surface area contributed by atoms with E-state index >= 15 is 0 Å². The van der Waals surface area contributed by atoms with Crippen LogP contribution in [0, 0.1) is 22.7 Å². The molecule has 2 saturated heterocycles. The molecule has 1 unspecified atom stereocenters. The fraction of sp³-hybridized carbons (Fsp3) is 0.350. The van der Waals surface area contributed by atoms with Gasteiger partial charge in [-0.05, 0) is 37.1 Å². The highest BCUT2D eigenvalue weighted by Crippen LogP contribution is 2.28. The molecular weight excluding hydrogens is 370 g/mol. The van der Waals surface area contributed by atoms with Crippen LogP contribution in [-0.2, 0) is 11.2 Å². The molecule has 9 nitrogen and oxygen atoms in total. The zero-order valence-corrected chi connectivity index (χ0v) is 15.7. The van der Waals surface area contributed by atoms with Crippen LogP contribution in [0.2, 0.25) is 0 Å². The van der Waals surface area contributed by atoms with E-state index in [9.17, 15) is 4.79 Å². The van der Waals surface area contributed by atoms with Gasteiger partial charge >= 0.3 is 6.09 Å². The number of H-pyrrole nitrogens is 1. The van der Waals surface area contributed by atoms with Crippen molar-refractivity contribution < 1.29 is 9.53 Å². The van der Waals surface area contributed by atoms with Crippen molar-refractivity contribution in [3.63, 3.8) is 0 Å². The van der Waals surface area contributed by atoms with Crippen LogP contribution >= 0.6 is 0 Å². The van der Waals surface area contributed by atoms with E-state index in [0.717, 1.165) is 37.3 Å². The standard InChI is InChI=1S/C20H19N7O2/c21-8-5-14-6-9-26(10-7-14)15-1-3-16(4-2-15)27-13-17(29-20(27)28)11-18-19(12-22)24-25-23-18/h1-5,17H,6-7,9-11,13H2,(H,23,24,25). The van der Waals surface area contributed by atoms with Crippen LogP contribution < -0.4 is 9.80 Å². The van der Waals surface area contributed by atoms with Crippen molar-refractivity contribution in [3.05, 3.63) is 47.3 Å². The Morgan fingerprint density at radius 1 is 1.21 bits per heavy atom. The number of anilines is 2. The highest BCUT2D eigenvalue weighted by Gasteiger charge is 2.33. The van der Waals surface area contributed by atoms with Crippen LogP contribution in [0.25, 0.3) is 0 Å². The summed E-state index contributed by atoms with van der Waals surface area (Å²) in [5.74, 6) is 0. The molecule has 2 fully saturated rings. The van der Waals surface area contributed by atoms with E-state index in [1.807, 2.05) is 30.3 Å². The molecule has 2 aromatic rings. The third kappa shape index (κ3) is 3.90. The summed E-state index contributed by atoms with van der Waals surface area (Å²) in [6.45, 7) is 2.15. The van der Waals surface area contributed by atoms with Gasteiger partial charge in [0.05, 0.1) is 18.3 Å². The number of nitrogens with zero attached hydrogens (tertiary/aromatic N) is 6. The number of nitriles is 2. The molecule has 29 heavy (non-hydrogen) atoms. The Balaban J connectivity index is 1.39. The van der Waals surface area contributed by atoms with E-state index < -0.39 is 6.09 Å². The molecule has 146 valence electrons. The third-order valence-corrected chi connectivity index (χ3v) is 5.23. The lowest BCUT2D eigenvalue weighted by Crippen LogP contribution is -2.30. The van der Waals surface area contributed by atoms with E-state index in [-0.39, 0.29) is 11.8 Å². The maximum absolute atomic E-state index is 12.3. The number of carbonyl (C=O) groups is 1. The number of hydrogen-bond donors (Lipinski definition) is 1. The number of rotatable bonds is 4. The van der Waals surface area contributed by atoms with E-state index in [1.165, 1.54) is 5.57 Å². The van der Waals surface area contributed by atoms with Crippen molar-refractivity contribution in [2.24, 2.45) is 0 Å². The Morgan fingerprint density at radius 3 is 2.62 bits per heavy atom. The molecule has 0 spiro atoms. The third-order valence-electron chi connectivity index (χ3n) is 5.23. The van der Waals surface area contributed by atoms with E-state index in [0.29, 0.717) is 18.7 Å². The Morgan fingerprint density at radius 2 is 1.93 bits per heavy atom. The minimum absolute atomic E-state index is 0.221. The highest BCUT2D eigenvalue weighted by atomic mass is 16.6. The number of cyclic esters (lactones) is 1. The summed E-state index contributed by atoms with van der Waals surface area (Å²) < 4.78 is 5.44. The number of ether oxygens (including phenoxy) is 1. The summed E-state index contributed by atoms with van der Waals surface area (Å²) in [5.41, 5.74) is 3.84. The molecule has 1 amide bonds. The zero-order valence-electron chi connectivity index (χ0n) is 15.7. The lowest BCUT2D eigenvalue weighted by atomic mass is 10.0. The predicted octanol–water partition coefficient (Wildman–Crippen LogP) is 2.29. The van der Waals surface area contributed by atoms with Crippen molar-refractivity contribution in [1.29, 1.82) is 10.5 Å². The molecule has 4 rings (SSSR count). The maximum Gasteiger partial charge on any atom is 0.414 e. The molecule has 3 heterocycles. The van der Waals surface area contributed by atoms with Gasteiger partial charge in [0.15, 0.2) is 5.69 Å². The molecule has 1 aromatic heterocycles. The summed E-state index contributed by atoms with van der Waals surface area (Å²) in [6.07, 6.45) is 3.02. The molecule has 1 N–H and O–H groups in total. The van der Waals surface area contributed by atoms with Gasteiger partial charge in [-0.25, -0.2) is 4.79 Å². The minimum atomic E-state index is -0.405. The monoisotopic (exact) mass is 389 g/mol. The van der Waals surface area contributed by atoms with Gasteiger partial charge in [-0.3, -0.25) is 10.00 Å². The highest BCUT2D eigenvalue weighted by molar-refractivity contribution is 5.90. The van der Waals surface area contributed by atoms with Crippen molar-refractivity contribution in [2.75, 3.05) is 29.4 Å². The summed E-state index contributed by atoms with van der Waals surface area (Å²) in [6, 6.07) is 11.9. The minimum Gasteiger partial charge on any atom is -0.444 e. The first-order valence-corrected chi connectivity index (χ1v) is 9.38. The quantitative estimate of drug-likeness (QED) is 0.796. The average Bonchev–Trinajstić information content (AvgIpc) is 3.35. The fourth-order valence-corrected chi connectivity index (χ4v) is 3.68. The zero-order chi connectivity index (χ0) is 20.2. The van der Waals surface area contributed by atoms with Crippen LogP contribution in [0.1, 0.15) is 24.2 Å².